The molecule has 0 fully saturated rings. The molecule has 8 aromatic rings. The van der Waals surface area contributed by atoms with Gasteiger partial charge in [0.05, 0.1) is 31.9 Å². The first-order valence-corrected chi connectivity index (χ1v) is 20.2. The second-order valence-corrected chi connectivity index (χ2v) is 17.2. The van der Waals surface area contributed by atoms with Crippen LogP contribution in [0.1, 0.15) is 142 Å². The minimum absolute atomic E-state index is 0.00926. The second-order valence-electron chi connectivity index (χ2n) is 17.2. The van der Waals surface area contributed by atoms with Gasteiger partial charge in [0, 0.05) is 57.3 Å². The van der Waals surface area contributed by atoms with Crippen molar-refractivity contribution in [1.29, 1.82) is 0 Å². The first-order chi connectivity index (χ1) is 41.4. The fraction of sp³-hybridized carbons (Fsp3) is 0.288. The summed E-state index contributed by atoms with van der Waals surface area (Å²) >= 11 is 0. The lowest BCUT2D eigenvalue weighted by molar-refractivity contribution is 0.446. The van der Waals surface area contributed by atoms with Crippen molar-refractivity contribution in [3.8, 4) is 67.5 Å². The molecule has 0 spiro atoms. The highest BCUT2D eigenvalue weighted by Gasteiger charge is 2.29. The normalized spacial score (nSPS) is 20.3. The molecule has 0 radical (unpaired) electrons. The number of benzene rings is 6. The van der Waals surface area contributed by atoms with E-state index in [0.29, 0.717) is 23.6 Å². The fourth-order valence-electron chi connectivity index (χ4n) is 7.68. The van der Waals surface area contributed by atoms with Gasteiger partial charge in [0.15, 0.2) is 0 Å². The van der Waals surface area contributed by atoms with Crippen LogP contribution < -0.4 is 0 Å². The molecule has 0 aliphatic heterocycles. The number of imidazole rings is 1. The topological polar surface area (TPSA) is 50.9 Å². The molecule has 2 aromatic heterocycles. The Balaban J connectivity index is 1.60. The van der Waals surface area contributed by atoms with Crippen molar-refractivity contribution >= 4 is 11.0 Å². The van der Waals surface area contributed by atoms with Gasteiger partial charge in [0.25, 0.3) is 0 Å². The standard InChI is InChI=1S/C59H63N3O/c1-37(2)29-42-33-47(25-26-48(42)40-17-14-13-15-18-40)62-53-20-16-19-49(54(53)61-56(62)50-35-46(58(7,8)9)36-51(55(50)63)59(10,11)12)43-30-44(32-45(31-43)57(4,5)6)52-34-41(27-28-60-52)39-23-21-38(3)22-24-39/h13-28,30-37,63H,29H2,1-12H3/i3D3,7D3,8D3,9D3,10D3,11D3,12D3,21D,22D,23D,24D,27D,28D,34D. The molecule has 320 valence electrons. The van der Waals surface area contributed by atoms with Gasteiger partial charge in [0.1, 0.15) is 11.6 Å². The number of phenols is 1. The number of hydrogen-bond donors (Lipinski definition) is 1. The summed E-state index contributed by atoms with van der Waals surface area (Å²) in [7, 11) is 0. The maximum Gasteiger partial charge on any atom is 0.149 e. The van der Waals surface area contributed by atoms with Crippen LogP contribution in [0.2, 0.25) is 0 Å². The van der Waals surface area contributed by atoms with Crippen LogP contribution in [-0.4, -0.2) is 19.6 Å². The summed E-state index contributed by atoms with van der Waals surface area (Å²) in [6, 6.07) is 19.6. The first-order valence-electron chi connectivity index (χ1n) is 34.2. The highest BCUT2D eigenvalue weighted by molar-refractivity contribution is 5.97. The third kappa shape index (κ3) is 8.87. The molecule has 6 aromatic carbocycles. The molecule has 63 heavy (non-hydrogen) atoms. The van der Waals surface area contributed by atoms with E-state index in [0.717, 1.165) is 11.1 Å². The molecule has 4 nitrogen and oxygen atoms in total. The van der Waals surface area contributed by atoms with Crippen molar-refractivity contribution in [3.63, 3.8) is 0 Å². The Kier molecular flexibility index (Phi) is 5.47. The highest BCUT2D eigenvalue weighted by atomic mass is 16.3. The summed E-state index contributed by atoms with van der Waals surface area (Å²) in [5, 5.41) is 13.0. The van der Waals surface area contributed by atoms with Crippen LogP contribution in [0, 0.1) is 12.8 Å². The Hall–Kier alpha value is -6.26. The number of pyridine rings is 1. The summed E-state index contributed by atoms with van der Waals surface area (Å²) in [5.41, 5.74) is -11.8. The Morgan fingerprint density at radius 2 is 1.38 bits per heavy atom. The van der Waals surface area contributed by atoms with Crippen LogP contribution >= 0.6 is 0 Å². The van der Waals surface area contributed by atoms with Crippen molar-refractivity contribution < 1.29 is 43.5 Å². The lowest BCUT2D eigenvalue weighted by atomic mass is 9.79. The van der Waals surface area contributed by atoms with E-state index in [1.54, 1.807) is 48.5 Å². The van der Waals surface area contributed by atoms with E-state index < -0.39 is 152 Å². The average molecular weight is 858 g/mol. The summed E-state index contributed by atoms with van der Waals surface area (Å²) in [6.45, 7) is -18.7. The van der Waals surface area contributed by atoms with Gasteiger partial charge < -0.3 is 5.11 Å². The molecule has 0 bridgehead atoms. The lowest BCUT2D eigenvalue weighted by Crippen LogP contribution is -2.17. The Bertz CT molecular complexity index is 4050. The Labute approximate surface area is 415 Å². The van der Waals surface area contributed by atoms with Crippen LogP contribution in [0.25, 0.3) is 72.7 Å². The minimum atomic E-state index is -4.24. The van der Waals surface area contributed by atoms with Gasteiger partial charge in [-0.25, -0.2) is 4.98 Å². The van der Waals surface area contributed by atoms with Gasteiger partial charge in [-0.05, 0) is 128 Å². The maximum absolute atomic E-state index is 13.0. The number of fused-ring (bicyclic) bond motifs is 1. The fourth-order valence-corrected chi connectivity index (χ4v) is 7.68. The molecule has 2 heterocycles. The molecule has 4 heteroatoms. The molecular formula is C59H63N3O. The number of aromatic nitrogens is 3. The number of phenolic OH excluding ortho intramolecular Hbond substituents is 1. The van der Waals surface area contributed by atoms with Crippen molar-refractivity contribution in [2.24, 2.45) is 5.92 Å². The maximum atomic E-state index is 13.0. The van der Waals surface area contributed by atoms with E-state index in [1.807, 2.05) is 65.0 Å². The second kappa shape index (κ2) is 16.5. The first kappa shape index (κ1) is 20.9. The van der Waals surface area contributed by atoms with Gasteiger partial charge in [0.2, 0.25) is 0 Å². The molecule has 0 saturated carbocycles. The number of aromatic hydroxyl groups is 1. The quantitative estimate of drug-likeness (QED) is 0.166. The zero-order valence-corrected chi connectivity index (χ0v) is 35.3. The lowest BCUT2D eigenvalue weighted by Gasteiger charge is -2.27. The largest absolute Gasteiger partial charge is 0.507 e. The van der Waals surface area contributed by atoms with Crippen molar-refractivity contribution in [1.82, 2.24) is 14.5 Å². The average Bonchev–Trinajstić information content (AvgIpc) is 1.05. The van der Waals surface area contributed by atoms with Crippen LogP contribution in [0.3, 0.4) is 0 Å². The molecule has 1 N–H and O–H groups in total. The third-order valence-corrected chi connectivity index (χ3v) is 10.8. The van der Waals surface area contributed by atoms with Crippen molar-refractivity contribution in [3.05, 3.63) is 167 Å². The molecule has 0 saturated heterocycles. The predicted molar refractivity (Wildman–Crippen MR) is 267 cm³/mol. The highest BCUT2D eigenvalue weighted by Crippen LogP contribution is 2.45. The van der Waals surface area contributed by atoms with Gasteiger partial charge in [-0.15, -0.1) is 0 Å². The smallest absolute Gasteiger partial charge is 0.149 e. The van der Waals surface area contributed by atoms with E-state index in [9.17, 15) is 6.48 Å². The van der Waals surface area contributed by atoms with Crippen LogP contribution in [0.4, 0.5) is 0 Å². The molecule has 0 unspecified atom stereocenters. The van der Waals surface area contributed by atoms with E-state index in [1.165, 1.54) is 10.6 Å². The molecule has 0 amide bonds. The molecule has 8 rings (SSSR count). The number of rotatable bonds is 8. The number of para-hydroxylation sites is 1. The number of hydrogen-bond acceptors (Lipinski definition) is 3. The summed E-state index contributed by atoms with van der Waals surface area (Å²) in [5.74, 6) is -2.03. The van der Waals surface area contributed by atoms with Gasteiger partial charge in [-0.1, -0.05) is 166 Å². The molecule has 0 aliphatic rings. The summed E-state index contributed by atoms with van der Waals surface area (Å²) in [4.78, 5) is 9.40. The number of nitrogens with zero attached hydrogens (tertiary/aromatic N) is 3. The molecular weight excluding hydrogens is 767 g/mol. The Morgan fingerprint density at radius 3 is 2.08 bits per heavy atom. The zero-order valence-electron chi connectivity index (χ0n) is 63.3. The minimum Gasteiger partial charge on any atom is -0.507 e. The van der Waals surface area contributed by atoms with Gasteiger partial charge in [-0.2, -0.15) is 0 Å². The van der Waals surface area contributed by atoms with Gasteiger partial charge in [-0.3, -0.25) is 9.55 Å². The van der Waals surface area contributed by atoms with E-state index in [4.69, 9.17) is 42.0 Å². The van der Waals surface area contributed by atoms with Crippen molar-refractivity contribution in [2.75, 3.05) is 0 Å². The predicted octanol–water partition coefficient (Wildman–Crippen LogP) is 15.9. The van der Waals surface area contributed by atoms with Crippen LogP contribution in [-0.2, 0) is 22.7 Å². The van der Waals surface area contributed by atoms with Crippen LogP contribution in [0.15, 0.2) is 139 Å². The third-order valence-electron chi connectivity index (χ3n) is 10.8. The summed E-state index contributed by atoms with van der Waals surface area (Å²) in [6.07, 6.45) is -0.361. The zero-order chi connectivity index (χ0) is 68.6. The van der Waals surface area contributed by atoms with Crippen LogP contribution in [0.5, 0.6) is 5.75 Å². The van der Waals surface area contributed by atoms with E-state index >= 15 is 0 Å². The Morgan fingerprint density at radius 1 is 0.651 bits per heavy atom. The molecule has 0 atom stereocenters. The van der Waals surface area contributed by atoms with Gasteiger partial charge >= 0.3 is 0 Å². The van der Waals surface area contributed by atoms with Crippen molar-refractivity contribution in [2.45, 2.75) is 105 Å². The SMILES string of the molecule is [2H]c1nc(-c2cc(-c3cccc4c3nc(-c3cc(C(C([2H])([2H])[2H])(C([2H])([2H])[2H])C([2H])([2H])[2H])cc(C(C([2H])([2H])[2H])(C([2H])([2H])[2H])C([2H])([2H])[2H])c3O)n4-c3ccc(-c4ccccc4)c(CC(C)C)c3)cc(C(C)(C)C)c2)c([2H])c(-c2c([2H])c([2H])c(C([2H])([2H])[2H])c([2H])c2[2H])c1[2H]. The monoisotopic (exact) mass is 858 g/mol. The molecule has 0 aliphatic carbocycles. The summed E-state index contributed by atoms with van der Waals surface area (Å²) < 4.78 is 246. The van der Waals surface area contributed by atoms with E-state index in [-0.39, 0.29) is 51.1 Å². The van der Waals surface area contributed by atoms with E-state index in [2.05, 4.69) is 4.98 Å².